The summed E-state index contributed by atoms with van der Waals surface area (Å²) < 4.78 is 5.45. The average Bonchev–Trinajstić information content (AvgIpc) is 3.05. The number of piperidine rings is 1. The Labute approximate surface area is 123 Å². The Bertz CT molecular complexity index is 599. The van der Waals surface area contributed by atoms with E-state index in [1.54, 1.807) is 18.6 Å². The molecule has 1 aliphatic heterocycles. The first-order valence-electron chi connectivity index (χ1n) is 7.76. The molecule has 3 unspecified atom stereocenters. The molecule has 1 N–H and O–H groups in total. The molecule has 0 amide bonds. The number of aromatic nitrogens is 4. The Morgan fingerprint density at radius 2 is 2.05 bits per heavy atom. The van der Waals surface area contributed by atoms with Gasteiger partial charge in [0.15, 0.2) is 0 Å². The second-order valence-electron chi connectivity index (χ2n) is 5.99. The second-order valence-corrected chi connectivity index (χ2v) is 5.99. The molecule has 0 bridgehead atoms. The molecule has 2 aromatic heterocycles. The fourth-order valence-corrected chi connectivity index (χ4v) is 3.59. The molecule has 1 aliphatic carbocycles. The predicted molar refractivity (Wildman–Crippen MR) is 76.2 cm³/mol. The Morgan fingerprint density at radius 1 is 1.10 bits per heavy atom. The third-order valence-electron chi connectivity index (χ3n) is 4.68. The van der Waals surface area contributed by atoms with Crippen molar-refractivity contribution in [2.24, 2.45) is 5.92 Å². The van der Waals surface area contributed by atoms with E-state index in [2.05, 4.69) is 25.4 Å². The van der Waals surface area contributed by atoms with Crippen molar-refractivity contribution in [3.05, 3.63) is 24.5 Å². The van der Waals surface area contributed by atoms with E-state index < -0.39 is 0 Å². The van der Waals surface area contributed by atoms with E-state index in [4.69, 9.17) is 4.52 Å². The molecule has 1 saturated carbocycles. The summed E-state index contributed by atoms with van der Waals surface area (Å²) in [5.74, 6) is 2.03. The van der Waals surface area contributed by atoms with Crippen LogP contribution in [0, 0.1) is 5.92 Å². The summed E-state index contributed by atoms with van der Waals surface area (Å²) in [7, 11) is 0. The number of rotatable bonds is 2. The lowest BCUT2D eigenvalue weighted by molar-refractivity contribution is 0.158. The van der Waals surface area contributed by atoms with Gasteiger partial charge < -0.3 is 9.84 Å². The maximum atomic E-state index is 5.45. The van der Waals surface area contributed by atoms with E-state index in [-0.39, 0.29) is 6.04 Å². The van der Waals surface area contributed by atoms with Crippen LogP contribution in [0.5, 0.6) is 0 Å². The van der Waals surface area contributed by atoms with Crippen LogP contribution < -0.4 is 5.32 Å². The van der Waals surface area contributed by atoms with Gasteiger partial charge in [0.25, 0.3) is 0 Å². The molecule has 4 rings (SSSR count). The van der Waals surface area contributed by atoms with Crippen LogP contribution in [0.4, 0.5) is 0 Å². The molecule has 2 aliphatic rings. The predicted octanol–water partition coefficient (Wildman–Crippen LogP) is 2.51. The number of nitrogens with zero attached hydrogens (tertiary/aromatic N) is 4. The topological polar surface area (TPSA) is 76.7 Å². The zero-order valence-corrected chi connectivity index (χ0v) is 11.9. The minimum atomic E-state index is 0.183. The molecule has 3 atom stereocenters. The molecular formula is C15H19N5O. The van der Waals surface area contributed by atoms with Gasteiger partial charge in [0.05, 0.1) is 12.2 Å². The van der Waals surface area contributed by atoms with Gasteiger partial charge in [-0.1, -0.05) is 18.0 Å². The van der Waals surface area contributed by atoms with Crippen molar-refractivity contribution in [2.75, 3.05) is 0 Å². The maximum absolute atomic E-state index is 5.45. The summed E-state index contributed by atoms with van der Waals surface area (Å²) >= 11 is 0. The first-order chi connectivity index (χ1) is 10.4. The quantitative estimate of drug-likeness (QED) is 0.913. The highest BCUT2D eigenvalue weighted by Crippen LogP contribution is 2.36. The third-order valence-corrected chi connectivity index (χ3v) is 4.68. The lowest BCUT2D eigenvalue weighted by atomic mass is 9.78. The van der Waals surface area contributed by atoms with Gasteiger partial charge in [0.1, 0.15) is 5.69 Å². The van der Waals surface area contributed by atoms with E-state index in [9.17, 15) is 0 Å². The molecule has 6 nitrogen and oxygen atoms in total. The van der Waals surface area contributed by atoms with Crippen LogP contribution in [0.3, 0.4) is 0 Å². The van der Waals surface area contributed by atoms with E-state index in [1.807, 2.05) is 0 Å². The van der Waals surface area contributed by atoms with E-state index in [0.717, 1.165) is 12.3 Å². The molecule has 0 radical (unpaired) electrons. The number of hydrogen-bond acceptors (Lipinski definition) is 6. The molecule has 0 spiro atoms. The van der Waals surface area contributed by atoms with Crippen molar-refractivity contribution in [1.82, 2.24) is 25.4 Å². The Kier molecular flexibility index (Phi) is 3.39. The van der Waals surface area contributed by atoms with E-state index in [1.165, 1.54) is 32.1 Å². The van der Waals surface area contributed by atoms with Crippen LogP contribution in [0.25, 0.3) is 11.5 Å². The fraction of sp³-hybridized carbons (Fsp3) is 0.600. The largest absolute Gasteiger partial charge is 0.337 e. The van der Waals surface area contributed by atoms with Gasteiger partial charge in [-0.2, -0.15) is 4.98 Å². The molecule has 1 saturated heterocycles. The highest BCUT2D eigenvalue weighted by Gasteiger charge is 2.34. The summed E-state index contributed by atoms with van der Waals surface area (Å²) in [5, 5.41) is 7.74. The first kappa shape index (κ1) is 12.9. The number of hydrogen-bond donors (Lipinski definition) is 1. The zero-order chi connectivity index (χ0) is 14.1. The first-order valence-corrected chi connectivity index (χ1v) is 7.76. The van der Waals surface area contributed by atoms with Crippen LogP contribution in [0.1, 0.15) is 50.5 Å². The van der Waals surface area contributed by atoms with Crippen LogP contribution in [0.2, 0.25) is 0 Å². The third kappa shape index (κ3) is 2.55. The Morgan fingerprint density at radius 3 is 2.95 bits per heavy atom. The SMILES string of the molecule is c1cnc(-c2noc(C3CCC4CCCCC4N3)n2)cn1. The molecule has 2 fully saturated rings. The van der Waals surface area contributed by atoms with Crippen molar-refractivity contribution >= 4 is 0 Å². The molecule has 110 valence electrons. The van der Waals surface area contributed by atoms with Crippen molar-refractivity contribution in [3.63, 3.8) is 0 Å². The van der Waals surface area contributed by atoms with Crippen LogP contribution >= 0.6 is 0 Å². The molecular weight excluding hydrogens is 266 g/mol. The minimum absolute atomic E-state index is 0.183. The minimum Gasteiger partial charge on any atom is -0.337 e. The van der Waals surface area contributed by atoms with Gasteiger partial charge in [0, 0.05) is 18.4 Å². The van der Waals surface area contributed by atoms with Gasteiger partial charge in [-0.05, 0) is 31.6 Å². The summed E-state index contributed by atoms with van der Waals surface area (Å²) in [6.45, 7) is 0. The van der Waals surface area contributed by atoms with Crippen LogP contribution in [-0.2, 0) is 0 Å². The standard InChI is InChI=1S/C15H19N5O/c1-2-4-11-10(3-1)5-6-12(18-11)15-19-14(20-21-15)13-9-16-7-8-17-13/h7-12,18H,1-6H2. The van der Waals surface area contributed by atoms with Gasteiger partial charge in [-0.25, -0.2) is 4.98 Å². The highest BCUT2D eigenvalue weighted by atomic mass is 16.5. The summed E-state index contributed by atoms with van der Waals surface area (Å²) in [5.41, 5.74) is 0.652. The molecule has 21 heavy (non-hydrogen) atoms. The van der Waals surface area contributed by atoms with Gasteiger partial charge >= 0.3 is 0 Å². The zero-order valence-electron chi connectivity index (χ0n) is 11.9. The Balaban J connectivity index is 1.51. The normalized spacial score (nSPS) is 29.0. The monoisotopic (exact) mass is 285 g/mol. The van der Waals surface area contributed by atoms with Gasteiger partial charge in [0.2, 0.25) is 11.7 Å². The number of nitrogens with one attached hydrogen (secondary N) is 1. The summed E-state index contributed by atoms with van der Waals surface area (Å²) in [6.07, 6.45) is 12.6. The van der Waals surface area contributed by atoms with Gasteiger partial charge in [-0.3, -0.25) is 4.98 Å². The smallest absolute Gasteiger partial charge is 0.244 e. The van der Waals surface area contributed by atoms with Crippen LogP contribution in [-0.4, -0.2) is 26.2 Å². The van der Waals surface area contributed by atoms with Crippen molar-refractivity contribution in [3.8, 4) is 11.5 Å². The highest BCUT2D eigenvalue weighted by molar-refractivity contribution is 5.45. The van der Waals surface area contributed by atoms with Crippen molar-refractivity contribution < 1.29 is 4.52 Å². The Hall–Kier alpha value is -1.82. The van der Waals surface area contributed by atoms with E-state index in [0.29, 0.717) is 23.5 Å². The molecule has 6 heteroatoms. The number of fused-ring (bicyclic) bond motifs is 1. The van der Waals surface area contributed by atoms with Crippen molar-refractivity contribution in [2.45, 2.75) is 50.6 Å². The fourth-order valence-electron chi connectivity index (χ4n) is 3.59. The van der Waals surface area contributed by atoms with Crippen LogP contribution in [0.15, 0.2) is 23.1 Å². The molecule has 2 aromatic rings. The molecule has 0 aromatic carbocycles. The summed E-state index contributed by atoms with van der Waals surface area (Å²) in [4.78, 5) is 12.7. The van der Waals surface area contributed by atoms with Crippen molar-refractivity contribution in [1.29, 1.82) is 0 Å². The molecule has 3 heterocycles. The maximum Gasteiger partial charge on any atom is 0.244 e. The second kappa shape index (κ2) is 5.52. The lowest BCUT2D eigenvalue weighted by Gasteiger charge is -2.39. The lowest BCUT2D eigenvalue weighted by Crippen LogP contribution is -2.44. The van der Waals surface area contributed by atoms with Gasteiger partial charge in [-0.15, -0.1) is 0 Å². The summed E-state index contributed by atoms with van der Waals surface area (Å²) in [6, 6.07) is 0.798. The average molecular weight is 285 g/mol. The van der Waals surface area contributed by atoms with E-state index >= 15 is 0 Å².